The summed E-state index contributed by atoms with van der Waals surface area (Å²) in [6, 6.07) is 9.22. The van der Waals surface area contributed by atoms with Crippen LogP contribution in [0.4, 0.5) is 0 Å². The fourth-order valence-electron chi connectivity index (χ4n) is 0.641. The third-order valence-corrected chi connectivity index (χ3v) is 1.06. The normalized spacial score (nSPS) is 6.00. The summed E-state index contributed by atoms with van der Waals surface area (Å²) in [6.07, 6.45) is 0. The number of halogens is 1. The quantitative estimate of drug-likeness (QED) is 0.533. The van der Waals surface area contributed by atoms with E-state index in [1.54, 1.807) is 12.1 Å². The summed E-state index contributed by atoms with van der Waals surface area (Å²) in [4.78, 5) is 0. The van der Waals surface area contributed by atoms with Crippen LogP contribution in [0.3, 0.4) is 0 Å². The van der Waals surface area contributed by atoms with E-state index >= 15 is 0 Å². The molecule has 0 aromatic heterocycles. The Bertz CT molecular complexity index is 296. The number of rotatable bonds is 0. The Kier molecular flexibility index (Phi) is 20.9. The van der Waals surface area contributed by atoms with Crippen molar-refractivity contribution in [2.24, 2.45) is 0 Å². The third-order valence-electron chi connectivity index (χ3n) is 1.06. The summed E-state index contributed by atoms with van der Waals surface area (Å²) >= 11 is 4.25. The number of benzene rings is 1. The number of hydrogen-bond acceptors (Lipinski definition) is 2. The molecule has 0 unspecified atom stereocenters. The van der Waals surface area contributed by atoms with E-state index in [4.69, 9.17) is 17.1 Å². The summed E-state index contributed by atoms with van der Waals surface area (Å²) in [5.41, 5.74) is 1.55. The molecule has 2 nitrogen and oxygen atoms in total. The van der Waals surface area contributed by atoms with E-state index < -0.39 is 0 Å². The Morgan fingerprint density at radius 1 is 1.36 bits per heavy atom. The molecule has 0 bridgehead atoms. The summed E-state index contributed by atoms with van der Waals surface area (Å²) in [5, 5.41) is 14.6. The fraction of sp³-hybridized carbons (Fsp3) is 0. The molecule has 1 aromatic carbocycles. The predicted octanol–water partition coefficient (Wildman–Crippen LogP) is 2.68. The van der Waals surface area contributed by atoms with E-state index in [-0.39, 0.29) is 17.1 Å². The van der Waals surface area contributed by atoms with E-state index in [0.717, 1.165) is 5.56 Å². The van der Waals surface area contributed by atoms with Crippen molar-refractivity contribution in [3.63, 3.8) is 0 Å². The monoisotopic (exact) mass is 348 g/mol. The van der Waals surface area contributed by atoms with Crippen LogP contribution in [0.5, 0.6) is 0 Å². The first kappa shape index (κ1) is 19.3. The number of nitriles is 1. The molecule has 0 radical (unpaired) electrons. The zero-order chi connectivity index (χ0) is 10.7. The van der Waals surface area contributed by atoms with Gasteiger partial charge in [0.25, 0.3) is 0 Å². The van der Waals surface area contributed by atoms with Gasteiger partial charge in [-0.25, -0.2) is 0 Å². The first-order valence-electron chi connectivity index (χ1n) is 3.14. The summed E-state index contributed by atoms with van der Waals surface area (Å²) < 4.78 is 0. The molecular formula is C9H6BrCuN2Zn. The van der Waals surface area contributed by atoms with Crippen molar-refractivity contribution in [2.45, 2.75) is 0 Å². The Hall–Kier alpha value is -0.307. The molecular weight excluding hydrogens is 345 g/mol. The topological polar surface area (TPSA) is 47.6 Å². The van der Waals surface area contributed by atoms with Crippen molar-refractivity contribution in [3.8, 4) is 6.07 Å². The first-order valence-corrected chi connectivity index (χ1v) is 10.1. The van der Waals surface area contributed by atoms with E-state index in [0.29, 0.717) is 5.56 Å². The number of hydrogen-bond donors (Lipinski definition) is 0. The van der Waals surface area contributed by atoms with Crippen molar-refractivity contribution >= 4 is 13.6 Å². The standard InChI is InChI=1S/C8H6N.CN.BrH.Cu.Zn/c1-7-3-2-4-8(5-7)6-9;1-2;;;/h2-5H,1H2;;1H;;/q2*-1;;+1;+2/p-1. The summed E-state index contributed by atoms with van der Waals surface area (Å²) in [7, 11) is 0. The van der Waals surface area contributed by atoms with E-state index in [1.165, 1.54) is 16.3 Å². The molecule has 72 valence electrons. The predicted molar refractivity (Wildman–Crippen MR) is 49.5 cm³/mol. The molecule has 0 aliphatic rings. The van der Waals surface area contributed by atoms with E-state index in [1.807, 2.05) is 18.2 Å². The minimum absolute atomic E-state index is 0. The molecule has 0 N–H and O–H groups in total. The van der Waals surface area contributed by atoms with Crippen molar-refractivity contribution < 1.29 is 33.4 Å². The van der Waals surface area contributed by atoms with Crippen LogP contribution in [0, 0.1) is 30.1 Å². The van der Waals surface area contributed by atoms with Gasteiger partial charge in [-0.3, -0.25) is 0 Å². The van der Waals surface area contributed by atoms with Gasteiger partial charge in [0.05, 0.1) is 6.07 Å². The summed E-state index contributed by atoms with van der Waals surface area (Å²) in [5.74, 6) is 0. The SMILES string of the molecule is [C-]#N.[CH2-]c1cccc(C#N)c1.[Cu+].[Zn+][Br]. The maximum absolute atomic E-state index is 8.38. The first-order chi connectivity index (χ1) is 6.33. The molecule has 1 rings (SSSR count). The minimum atomic E-state index is 0. The molecule has 0 spiro atoms. The van der Waals surface area contributed by atoms with Crippen molar-refractivity contribution in [1.29, 1.82) is 10.5 Å². The van der Waals surface area contributed by atoms with Crippen LogP contribution in [0.15, 0.2) is 24.3 Å². The zero-order valence-electron chi connectivity index (χ0n) is 7.30. The van der Waals surface area contributed by atoms with E-state index in [9.17, 15) is 0 Å². The average Bonchev–Trinajstić information content (AvgIpc) is 2.24. The van der Waals surface area contributed by atoms with E-state index in [2.05, 4.69) is 20.5 Å². The van der Waals surface area contributed by atoms with Crippen LogP contribution in [-0.4, -0.2) is 0 Å². The maximum atomic E-state index is 8.38. The van der Waals surface area contributed by atoms with Gasteiger partial charge in [0.2, 0.25) is 0 Å². The van der Waals surface area contributed by atoms with Gasteiger partial charge >= 0.3 is 47.0 Å². The molecule has 0 atom stereocenters. The molecule has 0 heterocycles. The molecule has 0 saturated heterocycles. The fourth-order valence-corrected chi connectivity index (χ4v) is 0.641. The van der Waals surface area contributed by atoms with Crippen molar-refractivity contribution in [2.75, 3.05) is 0 Å². The molecule has 5 heteroatoms. The van der Waals surface area contributed by atoms with Gasteiger partial charge in [0.1, 0.15) is 0 Å². The molecule has 0 amide bonds. The Morgan fingerprint density at radius 2 is 1.86 bits per heavy atom. The Balaban J connectivity index is -0.000000216. The third kappa shape index (κ3) is 9.78. The second-order valence-corrected chi connectivity index (χ2v) is 1.81. The van der Waals surface area contributed by atoms with Crippen molar-refractivity contribution in [3.05, 3.63) is 48.9 Å². The van der Waals surface area contributed by atoms with Crippen LogP contribution in [0.1, 0.15) is 11.1 Å². The molecule has 0 saturated carbocycles. The molecule has 0 aliphatic carbocycles. The van der Waals surface area contributed by atoms with Crippen LogP contribution in [-0.2, 0) is 33.4 Å². The van der Waals surface area contributed by atoms with Gasteiger partial charge in [0.15, 0.2) is 0 Å². The molecule has 0 fully saturated rings. The van der Waals surface area contributed by atoms with Crippen LogP contribution in [0.2, 0.25) is 0 Å². The van der Waals surface area contributed by atoms with Gasteiger partial charge in [-0.2, -0.15) is 23.8 Å². The van der Waals surface area contributed by atoms with Crippen LogP contribution >= 0.6 is 13.6 Å². The molecule has 14 heavy (non-hydrogen) atoms. The van der Waals surface area contributed by atoms with Gasteiger partial charge in [0, 0.05) is 0 Å². The van der Waals surface area contributed by atoms with Crippen LogP contribution < -0.4 is 0 Å². The van der Waals surface area contributed by atoms with Crippen LogP contribution in [0.25, 0.3) is 0 Å². The van der Waals surface area contributed by atoms with Crippen molar-refractivity contribution in [1.82, 2.24) is 0 Å². The van der Waals surface area contributed by atoms with Gasteiger partial charge in [-0.1, -0.05) is 6.07 Å². The Labute approximate surface area is 112 Å². The molecule has 0 aliphatic heterocycles. The molecule has 1 aromatic rings. The average molecular weight is 351 g/mol. The van der Waals surface area contributed by atoms with Gasteiger partial charge in [-0.05, 0) is 5.56 Å². The summed E-state index contributed by atoms with van der Waals surface area (Å²) in [6.45, 7) is 8.43. The number of nitrogens with zero attached hydrogens (tertiary/aromatic N) is 2. The second-order valence-electron chi connectivity index (χ2n) is 1.81. The zero-order valence-corrected chi connectivity index (χ0v) is 12.8. The Morgan fingerprint density at radius 3 is 2.14 bits per heavy atom. The van der Waals surface area contributed by atoms with Gasteiger partial charge < -0.3 is 11.8 Å². The van der Waals surface area contributed by atoms with Gasteiger partial charge in [-0.15, -0.1) is 12.1 Å². The second kappa shape index (κ2) is 15.2.